The fraction of sp³-hybridized carbons (Fsp3) is 0.688. The van der Waals surface area contributed by atoms with Crippen LogP contribution in [0.4, 0.5) is 5.82 Å². The molecule has 2 aliphatic rings. The molecule has 1 atom stereocenters. The summed E-state index contributed by atoms with van der Waals surface area (Å²) in [5.41, 5.74) is 2.62. The summed E-state index contributed by atoms with van der Waals surface area (Å²) in [5.74, 6) is 1.19. The Kier molecular flexibility index (Phi) is 3.74. The Hall–Kier alpha value is -1.09. The van der Waals surface area contributed by atoms with E-state index in [1.165, 1.54) is 42.8 Å². The molecule has 0 spiro atoms. The molecule has 1 N–H and O–H groups in total. The maximum Gasteiger partial charge on any atom is 0.129 e. The zero-order valence-electron chi connectivity index (χ0n) is 12.2. The normalized spacial score (nSPS) is 23.1. The van der Waals surface area contributed by atoms with Crippen LogP contribution in [0.2, 0.25) is 0 Å². The van der Waals surface area contributed by atoms with E-state index in [4.69, 9.17) is 4.98 Å². The van der Waals surface area contributed by atoms with Crippen molar-refractivity contribution in [3.8, 4) is 0 Å². The Morgan fingerprint density at radius 3 is 2.79 bits per heavy atom. The topological polar surface area (TPSA) is 28.2 Å². The van der Waals surface area contributed by atoms with E-state index < -0.39 is 0 Å². The van der Waals surface area contributed by atoms with Crippen LogP contribution in [0.5, 0.6) is 0 Å². The van der Waals surface area contributed by atoms with Gasteiger partial charge in [0.2, 0.25) is 0 Å². The summed E-state index contributed by atoms with van der Waals surface area (Å²) in [6.07, 6.45) is 6.32. The summed E-state index contributed by atoms with van der Waals surface area (Å²) in [7, 11) is 0. The number of anilines is 1. The highest BCUT2D eigenvalue weighted by molar-refractivity contribution is 5.44. The Morgan fingerprint density at radius 2 is 2.16 bits per heavy atom. The lowest BCUT2D eigenvalue weighted by atomic mass is 10.1. The smallest absolute Gasteiger partial charge is 0.129 e. The number of aryl methyl sites for hydroxylation is 1. The molecule has 1 aliphatic heterocycles. The molecule has 3 rings (SSSR count). The minimum atomic E-state index is 0.642. The van der Waals surface area contributed by atoms with Crippen molar-refractivity contribution in [2.45, 2.75) is 64.6 Å². The molecule has 0 amide bonds. The Balaban J connectivity index is 1.79. The standard InChI is InChI=1S/C16H25N3/c1-3-14-9-13(11-17-15-6-7-15)10-16(18-14)19-8-4-5-12(19)2/h9-10,12,15,17H,3-8,11H2,1-2H3. The van der Waals surface area contributed by atoms with E-state index in [0.29, 0.717) is 6.04 Å². The number of nitrogens with zero attached hydrogens (tertiary/aromatic N) is 2. The molecule has 0 radical (unpaired) electrons. The maximum atomic E-state index is 4.83. The summed E-state index contributed by atoms with van der Waals surface area (Å²) in [5, 5.41) is 3.61. The van der Waals surface area contributed by atoms with Crippen molar-refractivity contribution in [2.24, 2.45) is 0 Å². The molecule has 1 saturated carbocycles. The second-order valence-corrected chi connectivity index (χ2v) is 6.02. The van der Waals surface area contributed by atoms with Gasteiger partial charge < -0.3 is 10.2 Å². The van der Waals surface area contributed by atoms with Crippen molar-refractivity contribution < 1.29 is 0 Å². The number of rotatable bonds is 5. The molecule has 3 heteroatoms. The van der Waals surface area contributed by atoms with Gasteiger partial charge in [0.15, 0.2) is 0 Å². The molecule has 0 bridgehead atoms. The van der Waals surface area contributed by atoms with Gasteiger partial charge in [-0.25, -0.2) is 4.98 Å². The average molecular weight is 259 g/mol. The van der Waals surface area contributed by atoms with Gasteiger partial charge in [0.1, 0.15) is 5.82 Å². The first-order valence-corrected chi connectivity index (χ1v) is 7.76. The highest BCUT2D eigenvalue weighted by Crippen LogP contribution is 2.25. The Labute approximate surface area is 116 Å². The van der Waals surface area contributed by atoms with Gasteiger partial charge in [-0.3, -0.25) is 0 Å². The monoisotopic (exact) mass is 259 g/mol. The van der Waals surface area contributed by atoms with E-state index in [0.717, 1.165) is 25.6 Å². The predicted molar refractivity (Wildman–Crippen MR) is 79.5 cm³/mol. The van der Waals surface area contributed by atoms with Gasteiger partial charge in [0.25, 0.3) is 0 Å². The molecule has 1 aliphatic carbocycles. The second kappa shape index (κ2) is 5.49. The number of pyridine rings is 1. The van der Waals surface area contributed by atoms with Gasteiger partial charge in [-0.05, 0) is 56.7 Å². The quantitative estimate of drug-likeness (QED) is 0.881. The number of hydrogen-bond acceptors (Lipinski definition) is 3. The van der Waals surface area contributed by atoms with Crippen LogP contribution in [-0.4, -0.2) is 23.6 Å². The zero-order chi connectivity index (χ0) is 13.2. The first kappa shape index (κ1) is 12.9. The second-order valence-electron chi connectivity index (χ2n) is 6.02. The molecule has 2 heterocycles. The first-order valence-electron chi connectivity index (χ1n) is 7.76. The lowest BCUT2D eigenvalue weighted by Gasteiger charge is -2.24. The number of hydrogen-bond donors (Lipinski definition) is 1. The minimum absolute atomic E-state index is 0.642. The molecule has 2 fully saturated rings. The van der Waals surface area contributed by atoms with E-state index in [1.807, 2.05) is 0 Å². The third kappa shape index (κ3) is 3.08. The van der Waals surface area contributed by atoms with Crippen molar-refractivity contribution in [3.63, 3.8) is 0 Å². The number of aromatic nitrogens is 1. The Bertz CT molecular complexity index is 440. The van der Waals surface area contributed by atoms with Gasteiger partial charge >= 0.3 is 0 Å². The SMILES string of the molecule is CCc1cc(CNC2CC2)cc(N2CCCC2C)n1. The third-order valence-electron chi connectivity index (χ3n) is 4.31. The van der Waals surface area contributed by atoms with Crippen LogP contribution in [0.3, 0.4) is 0 Å². The van der Waals surface area contributed by atoms with E-state index >= 15 is 0 Å². The highest BCUT2D eigenvalue weighted by atomic mass is 15.2. The fourth-order valence-electron chi connectivity index (χ4n) is 2.89. The van der Waals surface area contributed by atoms with Gasteiger partial charge in [0.05, 0.1) is 0 Å². The molecule has 1 aromatic heterocycles. The van der Waals surface area contributed by atoms with Crippen molar-refractivity contribution in [2.75, 3.05) is 11.4 Å². The van der Waals surface area contributed by atoms with Crippen LogP contribution >= 0.6 is 0 Å². The van der Waals surface area contributed by atoms with Crippen molar-refractivity contribution in [3.05, 3.63) is 23.4 Å². The van der Waals surface area contributed by atoms with Crippen molar-refractivity contribution in [1.29, 1.82) is 0 Å². The molecule has 3 nitrogen and oxygen atoms in total. The average Bonchev–Trinajstić information content (AvgIpc) is 3.16. The molecular formula is C16H25N3. The maximum absolute atomic E-state index is 4.83. The van der Waals surface area contributed by atoms with Crippen molar-refractivity contribution >= 4 is 5.82 Å². The molecular weight excluding hydrogens is 234 g/mol. The van der Waals surface area contributed by atoms with Crippen molar-refractivity contribution in [1.82, 2.24) is 10.3 Å². The largest absolute Gasteiger partial charge is 0.354 e. The van der Waals surface area contributed by atoms with Crippen LogP contribution in [0.25, 0.3) is 0 Å². The zero-order valence-corrected chi connectivity index (χ0v) is 12.2. The summed E-state index contributed by atoms with van der Waals surface area (Å²) in [6, 6.07) is 5.96. The molecule has 19 heavy (non-hydrogen) atoms. The summed E-state index contributed by atoms with van der Waals surface area (Å²) in [4.78, 5) is 7.30. The first-order chi connectivity index (χ1) is 9.26. The van der Waals surface area contributed by atoms with E-state index in [2.05, 4.69) is 36.2 Å². The van der Waals surface area contributed by atoms with Crippen LogP contribution in [-0.2, 0) is 13.0 Å². The summed E-state index contributed by atoms with van der Waals surface area (Å²) >= 11 is 0. The van der Waals surface area contributed by atoms with Crippen LogP contribution in [0, 0.1) is 0 Å². The van der Waals surface area contributed by atoms with Crippen LogP contribution in [0.15, 0.2) is 12.1 Å². The fourth-order valence-corrected chi connectivity index (χ4v) is 2.89. The summed E-state index contributed by atoms with van der Waals surface area (Å²) < 4.78 is 0. The Morgan fingerprint density at radius 1 is 1.32 bits per heavy atom. The molecule has 1 unspecified atom stereocenters. The highest BCUT2D eigenvalue weighted by Gasteiger charge is 2.23. The van der Waals surface area contributed by atoms with Gasteiger partial charge in [-0.2, -0.15) is 0 Å². The van der Waals surface area contributed by atoms with Crippen LogP contribution in [0.1, 0.15) is 50.8 Å². The van der Waals surface area contributed by atoms with E-state index in [9.17, 15) is 0 Å². The number of nitrogens with one attached hydrogen (secondary N) is 1. The van der Waals surface area contributed by atoms with Crippen LogP contribution < -0.4 is 10.2 Å². The summed E-state index contributed by atoms with van der Waals surface area (Å²) in [6.45, 7) is 6.67. The molecule has 1 aromatic rings. The molecule has 1 saturated heterocycles. The predicted octanol–water partition coefficient (Wildman–Crippen LogP) is 2.88. The van der Waals surface area contributed by atoms with Gasteiger partial charge in [-0.15, -0.1) is 0 Å². The molecule has 0 aromatic carbocycles. The lowest BCUT2D eigenvalue weighted by molar-refractivity contribution is 0.682. The lowest BCUT2D eigenvalue weighted by Crippen LogP contribution is -2.27. The third-order valence-corrected chi connectivity index (χ3v) is 4.31. The molecule has 104 valence electrons. The van der Waals surface area contributed by atoms with Gasteiger partial charge in [0, 0.05) is 30.9 Å². The van der Waals surface area contributed by atoms with Gasteiger partial charge in [-0.1, -0.05) is 6.92 Å². The minimum Gasteiger partial charge on any atom is -0.354 e. The van der Waals surface area contributed by atoms with E-state index in [-0.39, 0.29) is 0 Å². The van der Waals surface area contributed by atoms with E-state index in [1.54, 1.807) is 0 Å².